The van der Waals surface area contributed by atoms with Gasteiger partial charge in [0.15, 0.2) is 0 Å². The van der Waals surface area contributed by atoms with Gasteiger partial charge in [-0.1, -0.05) is 27.7 Å². The average Bonchev–Trinajstić information content (AvgIpc) is 3.44. The van der Waals surface area contributed by atoms with Crippen molar-refractivity contribution in [3.63, 3.8) is 0 Å². The van der Waals surface area contributed by atoms with Crippen LogP contribution in [-0.2, 0) is 19.3 Å². The van der Waals surface area contributed by atoms with Crippen LogP contribution >= 0.6 is 22.7 Å². The summed E-state index contributed by atoms with van der Waals surface area (Å²) in [5.74, 6) is 0.419. The van der Waals surface area contributed by atoms with E-state index in [0.717, 1.165) is 25.8 Å². The number of nitrogens with zero attached hydrogens (tertiary/aromatic N) is 4. The third kappa shape index (κ3) is 4.76. The first-order valence-corrected chi connectivity index (χ1v) is 13.3. The van der Waals surface area contributed by atoms with Crippen LogP contribution in [0.15, 0.2) is 46.7 Å². The molecule has 2 aromatic rings. The Hall–Kier alpha value is -2.18. The third-order valence-electron chi connectivity index (χ3n) is 6.20. The highest BCUT2D eigenvalue weighted by molar-refractivity contribution is 7.12. The zero-order valence-electron chi connectivity index (χ0n) is 19.8. The van der Waals surface area contributed by atoms with Crippen molar-refractivity contribution in [3.05, 3.63) is 67.3 Å². The highest BCUT2D eigenvalue weighted by Gasteiger charge is 2.25. The fourth-order valence-electron chi connectivity index (χ4n) is 4.40. The lowest BCUT2D eigenvalue weighted by atomic mass is 9.98. The quantitative estimate of drug-likeness (QED) is 0.432. The monoisotopic (exact) mass is 466 g/mol. The molecule has 0 N–H and O–H groups in total. The van der Waals surface area contributed by atoms with Crippen LogP contribution in [-0.4, -0.2) is 36.1 Å². The molecule has 0 fully saturated rings. The molecule has 32 heavy (non-hydrogen) atoms. The summed E-state index contributed by atoms with van der Waals surface area (Å²) < 4.78 is 0. The van der Waals surface area contributed by atoms with E-state index in [1.165, 1.54) is 30.6 Å². The molecule has 0 spiro atoms. The molecular weight excluding hydrogens is 432 g/mol. The molecular formula is C26H34N4S2. The molecule has 0 bridgehead atoms. The van der Waals surface area contributed by atoms with Crippen molar-refractivity contribution in [3.8, 4) is 0 Å². The van der Waals surface area contributed by atoms with Crippen LogP contribution in [0.5, 0.6) is 0 Å². The molecule has 0 aliphatic carbocycles. The van der Waals surface area contributed by atoms with Gasteiger partial charge in [0.2, 0.25) is 0 Å². The summed E-state index contributed by atoms with van der Waals surface area (Å²) in [7, 11) is 2.11. The largest absolute Gasteiger partial charge is 0.355 e. The molecule has 4 heterocycles. The summed E-state index contributed by atoms with van der Waals surface area (Å²) in [6.07, 6.45) is 15.8. The molecule has 2 aliphatic rings. The lowest BCUT2D eigenvalue weighted by molar-refractivity contribution is 0.438. The molecule has 2 aliphatic heterocycles. The van der Waals surface area contributed by atoms with E-state index in [1.54, 1.807) is 0 Å². The molecule has 4 nitrogen and oxygen atoms in total. The predicted octanol–water partition coefficient (Wildman–Crippen LogP) is 6.73. The van der Waals surface area contributed by atoms with Crippen molar-refractivity contribution in [1.29, 1.82) is 0 Å². The second-order valence-corrected chi connectivity index (χ2v) is 10.9. The van der Waals surface area contributed by atoms with Crippen LogP contribution in [0.1, 0.15) is 76.3 Å². The van der Waals surface area contributed by atoms with Crippen LogP contribution in [0.4, 0.5) is 0 Å². The third-order valence-corrected chi connectivity index (χ3v) is 9.17. The Kier molecular flexibility index (Phi) is 7.31. The van der Waals surface area contributed by atoms with Crippen LogP contribution in [0.3, 0.4) is 0 Å². The van der Waals surface area contributed by atoms with E-state index in [4.69, 9.17) is 4.99 Å². The fraction of sp³-hybridized carbons (Fsp3) is 0.462. The second kappa shape index (κ2) is 10.2. The van der Waals surface area contributed by atoms with Gasteiger partial charge in [0.05, 0.1) is 24.8 Å². The number of thiophene rings is 2. The Labute approximate surface area is 200 Å². The van der Waals surface area contributed by atoms with Crippen molar-refractivity contribution in [2.24, 2.45) is 9.98 Å². The maximum absolute atomic E-state index is 4.92. The predicted molar refractivity (Wildman–Crippen MR) is 140 cm³/mol. The summed E-state index contributed by atoms with van der Waals surface area (Å²) >= 11 is 3.90. The summed E-state index contributed by atoms with van der Waals surface area (Å²) in [4.78, 5) is 19.5. The van der Waals surface area contributed by atoms with Gasteiger partial charge >= 0.3 is 0 Å². The number of aryl methyl sites for hydroxylation is 3. The molecule has 3 atom stereocenters. The lowest BCUT2D eigenvalue weighted by Gasteiger charge is -2.28. The van der Waals surface area contributed by atoms with Crippen LogP contribution in [0.2, 0.25) is 0 Å². The molecule has 6 heteroatoms. The number of rotatable bonds is 8. The first-order chi connectivity index (χ1) is 15.5. The van der Waals surface area contributed by atoms with Crippen molar-refractivity contribution >= 4 is 35.4 Å². The van der Waals surface area contributed by atoms with Gasteiger partial charge in [-0.15, -0.1) is 22.7 Å². The number of likely N-dealkylation sites (N-methyl/N-ethyl adjacent to an activating group) is 1. The van der Waals surface area contributed by atoms with Crippen molar-refractivity contribution in [2.75, 3.05) is 13.6 Å². The van der Waals surface area contributed by atoms with Gasteiger partial charge in [-0.25, -0.2) is 4.99 Å². The standard InChI is InChI=1S/C26H34N4S2/c1-6-19-13-21(25(8-3)31-19)23-10-12-30(17-28-23)15-18(4)26-22(14-20(7-2)32-26)24-9-11-27-16-29(24)5/h9-14,16-18,23-24H,6-8,15H2,1-5H3. The zero-order valence-corrected chi connectivity index (χ0v) is 21.4. The van der Waals surface area contributed by atoms with Gasteiger partial charge in [0.25, 0.3) is 0 Å². The van der Waals surface area contributed by atoms with Gasteiger partial charge in [0, 0.05) is 51.4 Å². The topological polar surface area (TPSA) is 31.2 Å². The Morgan fingerprint density at radius 3 is 2.38 bits per heavy atom. The van der Waals surface area contributed by atoms with Gasteiger partial charge < -0.3 is 9.80 Å². The molecule has 4 rings (SSSR count). The molecule has 0 radical (unpaired) electrons. The maximum atomic E-state index is 4.92. The highest BCUT2D eigenvalue weighted by atomic mass is 32.1. The summed E-state index contributed by atoms with van der Waals surface area (Å²) in [5, 5.41) is 0. The minimum absolute atomic E-state index is 0.150. The van der Waals surface area contributed by atoms with Gasteiger partial charge in [0.1, 0.15) is 0 Å². The normalized spacial score (nSPS) is 21.0. The molecule has 0 saturated carbocycles. The van der Waals surface area contributed by atoms with Crippen LogP contribution in [0, 0.1) is 0 Å². The smallest absolute Gasteiger partial charge is 0.0975 e. The second-order valence-electron chi connectivity index (χ2n) is 8.55. The van der Waals surface area contributed by atoms with Crippen molar-refractivity contribution in [1.82, 2.24) is 9.80 Å². The van der Waals surface area contributed by atoms with Crippen LogP contribution in [0.25, 0.3) is 0 Å². The van der Waals surface area contributed by atoms with Crippen molar-refractivity contribution in [2.45, 2.75) is 65.0 Å². The summed E-state index contributed by atoms with van der Waals surface area (Å²) in [6.45, 7) is 9.99. The Balaban J connectivity index is 1.48. The van der Waals surface area contributed by atoms with Crippen molar-refractivity contribution < 1.29 is 0 Å². The van der Waals surface area contributed by atoms with Crippen LogP contribution < -0.4 is 0 Å². The molecule has 3 unspecified atom stereocenters. The highest BCUT2D eigenvalue weighted by Crippen LogP contribution is 2.38. The minimum Gasteiger partial charge on any atom is -0.355 e. The Bertz CT molecular complexity index is 1030. The molecule has 0 saturated heterocycles. The maximum Gasteiger partial charge on any atom is 0.0975 e. The molecule has 0 amide bonds. The number of hydrogen-bond acceptors (Lipinski definition) is 6. The average molecular weight is 467 g/mol. The van der Waals surface area contributed by atoms with E-state index in [2.05, 4.69) is 80.0 Å². The van der Waals surface area contributed by atoms with E-state index in [9.17, 15) is 0 Å². The number of aliphatic imine (C=N–C) groups is 2. The zero-order chi connectivity index (χ0) is 22.7. The van der Waals surface area contributed by atoms with E-state index in [0.29, 0.717) is 5.92 Å². The summed E-state index contributed by atoms with van der Waals surface area (Å²) in [5.41, 5.74) is 2.80. The molecule has 2 aromatic heterocycles. The van der Waals surface area contributed by atoms with Gasteiger partial charge in [-0.05, 0) is 54.7 Å². The Morgan fingerprint density at radius 2 is 1.72 bits per heavy atom. The minimum atomic E-state index is 0.150. The van der Waals surface area contributed by atoms with E-state index < -0.39 is 0 Å². The van der Waals surface area contributed by atoms with Gasteiger partial charge in [-0.3, -0.25) is 4.99 Å². The SMILES string of the molecule is CCc1cc(C2C=CN(CC(C)c3sc(CC)cc3C3C=CN=CN3C)C=N2)c(CC)s1. The molecule has 170 valence electrons. The first kappa shape index (κ1) is 23.0. The summed E-state index contributed by atoms with van der Waals surface area (Å²) in [6, 6.07) is 5.16. The fourth-order valence-corrected chi connectivity index (χ4v) is 6.67. The van der Waals surface area contributed by atoms with E-state index in [1.807, 2.05) is 41.6 Å². The van der Waals surface area contributed by atoms with Gasteiger partial charge in [-0.2, -0.15) is 0 Å². The lowest BCUT2D eigenvalue weighted by Crippen LogP contribution is -2.26. The van der Waals surface area contributed by atoms with E-state index >= 15 is 0 Å². The number of hydrogen-bond donors (Lipinski definition) is 0. The van der Waals surface area contributed by atoms with E-state index in [-0.39, 0.29) is 12.1 Å². The first-order valence-electron chi connectivity index (χ1n) is 11.7. The Morgan fingerprint density at radius 1 is 0.969 bits per heavy atom. The molecule has 0 aromatic carbocycles.